The van der Waals surface area contributed by atoms with Crippen molar-refractivity contribution in [3.63, 3.8) is 0 Å². The number of unbranched alkanes of at least 4 members (excludes halogenated alkanes) is 25. The monoisotopic (exact) mass is 1620 g/mol. The molecule has 0 aromatic rings. The lowest BCUT2D eigenvalue weighted by atomic mass is 9.93. The van der Waals surface area contributed by atoms with Gasteiger partial charge in [0.2, 0.25) is 17.7 Å². The van der Waals surface area contributed by atoms with Crippen LogP contribution in [0.4, 0.5) is 0 Å². The fourth-order valence-electron chi connectivity index (χ4n) is 15.1. The van der Waals surface area contributed by atoms with E-state index in [2.05, 4.69) is 29.8 Å². The second-order valence-corrected chi connectivity index (χ2v) is 30.7. The van der Waals surface area contributed by atoms with Gasteiger partial charge in [0.05, 0.1) is 58.4 Å². The molecule has 0 radical (unpaired) electrons. The van der Waals surface area contributed by atoms with E-state index in [-0.39, 0.29) is 12.3 Å². The highest BCUT2D eigenvalue weighted by atomic mass is 16.8. The molecule has 32 atom stereocenters. The molecule has 6 aliphatic heterocycles. The molecule has 6 rings (SSSR count). The van der Waals surface area contributed by atoms with E-state index in [1.54, 1.807) is 6.08 Å². The van der Waals surface area contributed by atoms with Crippen LogP contribution in [0.5, 0.6) is 0 Å². The highest BCUT2D eigenvalue weighted by Gasteiger charge is 2.59. The Labute approximate surface area is 656 Å². The highest BCUT2D eigenvalue weighted by molar-refractivity contribution is 5.76. The number of aliphatic hydroxyl groups is 18. The topological polar surface area (TPSA) is 562 Å². The van der Waals surface area contributed by atoms with Crippen molar-refractivity contribution in [3.05, 3.63) is 12.2 Å². The summed E-state index contributed by atoms with van der Waals surface area (Å²) >= 11 is 0. The summed E-state index contributed by atoms with van der Waals surface area (Å²) in [5.74, 6) is -2.08. The average molecular weight is 1620 g/mol. The van der Waals surface area contributed by atoms with Gasteiger partial charge in [-0.15, -0.1) is 0 Å². The third-order valence-corrected chi connectivity index (χ3v) is 21.7. The summed E-state index contributed by atoms with van der Waals surface area (Å²) in [5.41, 5.74) is 0. The smallest absolute Gasteiger partial charge is 0.220 e. The first-order valence-electron chi connectivity index (χ1n) is 41.0. The second-order valence-electron chi connectivity index (χ2n) is 30.7. The minimum absolute atomic E-state index is 0.171. The van der Waals surface area contributed by atoms with Crippen molar-refractivity contribution < 1.29 is 163 Å². The Balaban J connectivity index is 1.12. The van der Waals surface area contributed by atoms with Crippen LogP contribution in [-0.4, -0.2) is 352 Å². The predicted molar refractivity (Wildman–Crippen MR) is 394 cm³/mol. The fraction of sp³-hybridized carbons (Fsp3) is 0.934. The molecule has 654 valence electrons. The Morgan fingerprint density at radius 2 is 0.679 bits per heavy atom. The zero-order valence-electron chi connectivity index (χ0n) is 65.6. The Bertz CT molecular complexity index is 2600. The summed E-state index contributed by atoms with van der Waals surface area (Å²) in [6.07, 6.45) is -21.1. The number of hydrogen-bond acceptors (Lipinski definition) is 33. The van der Waals surface area contributed by atoms with Crippen LogP contribution in [0.3, 0.4) is 0 Å². The van der Waals surface area contributed by atoms with Crippen molar-refractivity contribution in [1.82, 2.24) is 16.0 Å². The van der Waals surface area contributed by atoms with Gasteiger partial charge in [-0.2, -0.15) is 0 Å². The highest BCUT2D eigenvalue weighted by Crippen LogP contribution is 2.38. The van der Waals surface area contributed by atoms with Crippen LogP contribution >= 0.6 is 0 Å². The molecule has 6 aliphatic rings. The Kier molecular flexibility index (Phi) is 45.5. The van der Waals surface area contributed by atoms with E-state index in [0.29, 0.717) is 12.8 Å². The molecule has 21 N–H and O–H groups in total. The average Bonchev–Trinajstić information content (AvgIpc) is 0.764. The molecule has 36 nitrogen and oxygen atoms in total. The third-order valence-electron chi connectivity index (χ3n) is 21.7. The van der Waals surface area contributed by atoms with Gasteiger partial charge in [0, 0.05) is 20.3 Å². The molecule has 0 bridgehead atoms. The molecule has 0 aromatic heterocycles. The number of ether oxygens (including phenoxy) is 12. The van der Waals surface area contributed by atoms with Gasteiger partial charge in [0.1, 0.15) is 146 Å². The first kappa shape index (κ1) is 97.8. The normalized spacial score (nSPS) is 37.2. The Morgan fingerprint density at radius 3 is 1.12 bits per heavy atom. The van der Waals surface area contributed by atoms with Crippen LogP contribution < -0.4 is 16.0 Å². The summed E-state index contributed by atoms with van der Waals surface area (Å²) in [6, 6.07) is -4.71. The lowest BCUT2D eigenvalue weighted by molar-refractivity contribution is -0.386. The zero-order valence-corrected chi connectivity index (χ0v) is 65.6. The van der Waals surface area contributed by atoms with Crippen LogP contribution in [0, 0.1) is 0 Å². The number of allylic oxidation sites excluding steroid dienone is 1. The third kappa shape index (κ3) is 29.4. The van der Waals surface area contributed by atoms with Crippen molar-refractivity contribution in [2.75, 3.05) is 46.2 Å². The van der Waals surface area contributed by atoms with Gasteiger partial charge >= 0.3 is 0 Å². The van der Waals surface area contributed by atoms with Crippen LogP contribution in [-0.2, 0) is 71.2 Å². The van der Waals surface area contributed by atoms with Gasteiger partial charge < -0.3 is 165 Å². The van der Waals surface area contributed by atoms with Gasteiger partial charge in [-0.05, 0) is 19.3 Å². The summed E-state index contributed by atoms with van der Waals surface area (Å²) in [5, 5.41) is 208. The Morgan fingerprint density at radius 1 is 0.348 bits per heavy atom. The van der Waals surface area contributed by atoms with Gasteiger partial charge in [0.15, 0.2) is 37.7 Å². The van der Waals surface area contributed by atoms with Crippen LogP contribution in [0.2, 0.25) is 0 Å². The standard InChI is InChI=1S/C76H137N3O33/c1-5-7-9-11-13-15-17-19-20-22-24-26-28-30-32-34-52(89)79-44(45(88)33-31-29-27-25-23-21-18-16-14-12-10-8-6-2)41-101-73-63(98)61(96)67(51(40-85)107-73)109-75-64(99)70(58(93)48(37-82)104-75)112-72-54(78-43(4)87)68(56(91)47(36-81)102-72)110-76-65(100)69(57(92)49(38-83)105-76)111-71-53(77-42(3)86)59(94)66(50(39-84)106-71)108-74-62(97)60(95)55(90)46(35-80)103-74/h31,33,44-51,53-76,80-85,88,90-100H,5-30,32,34-41H2,1-4H3,(H,77,86)(H,78,87)(H,79,89)/b33-31+/t44-,45+,46?,47?,48?,49?,50?,51?,53?,54?,55-,56+,57-,58-,59+,60-,61+,62?,63?,64?,65?,66+,67+,68+,69-,70-,71-,72-,73+,74-,75-,76-/m0/s1. The van der Waals surface area contributed by atoms with Crippen molar-refractivity contribution in [2.45, 2.75) is 404 Å². The first-order valence-corrected chi connectivity index (χ1v) is 41.0. The number of nitrogens with one attached hydrogen (secondary N) is 3. The quantitative estimate of drug-likeness (QED) is 0.0222. The maximum absolute atomic E-state index is 13.5. The molecule has 6 saturated heterocycles. The van der Waals surface area contributed by atoms with E-state index in [1.807, 2.05) is 6.08 Å². The van der Waals surface area contributed by atoms with E-state index < -0.39 is 254 Å². The Hall–Kier alpha value is -3.05. The molecular formula is C76H137N3O33. The first-order chi connectivity index (χ1) is 53.8. The molecule has 112 heavy (non-hydrogen) atoms. The minimum Gasteiger partial charge on any atom is -0.394 e. The molecule has 36 heteroatoms. The summed E-state index contributed by atoms with van der Waals surface area (Å²) in [7, 11) is 0. The van der Waals surface area contributed by atoms with Crippen molar-refractivity contribution >= 4 is 17.7 Å². The number of carbonyl (C=O) groups excluding carboxylic acids is 3. The summed E-state index contributed by atoms with van der Waals surface area (Å²) in [6.45, 7) is 0.0122. The number of hydrogen-bond donors (Lipinski definition) is 21. The van der Waals surface area contributed by atoms with Gasteiger partial charge in [-0.25, -0.2) is 0 Å². The number of carbonyl (C=O) groups is 3. The molecule has 0 aromatic carbocycles. The number of rotatable bonds is 52. The van der Waals surface area contributed by atoms with E-state index >= 15 is 0 Å². The summed E-state index contributed by atoms with van der Waals surface area (Å²) < 4.78 is 71.0. The summed E-state index contributed by atoms with van der Waals surface area (Å²) in [4.78, 5) is 39.4. The van der Waals surface area contributed by atoms with Gasteiger partial charge in [0.25, 0.3) is 0 Å². The molecule has 12 unspecified atom stereocenters. The number of aliphatic hydroxyl groups excluding tert-OH is 18. The SMILES string of the molecule is CCCCCCCCCCCCC/C=C/[C@@H](O)[C@H](CO[C@@H]1OC(CO)[C@@H](O[C@@H]2OC(CO)[C@H](O)[C@H](O[C@@H]3OC(CO)[C@@H](O)[C@H](O[C@@H]4OC(CO)[C@H](O)[C@H](O[C@@H]5OC(CO)[C@@H](O[C@@H]6OC(CO)[C@H](O)[C@H](O)C6O)[C@H](O)C5NC(C)=O)C4O)C3NC(C)=O)C2O)[C@H](O)C1O)NC(=O)CCCCCCCCCCCCCCCCC. The van der Waals surface area contributed by atoms with Crippen LogP contribution in [0.15, 0.2) is 12.2 Å². The zero-order chi connectivity index (χ0) is 82.0. The van der Waals surface area contributed by atoms with Crippen molar-refractivity contribution in [1.29, 1.82) is 0 Å². The second kappa shape index (κ2) is 52.1. The van der Waals surface area contributed by atoms with E-state index in [4.69, 9.17) is 56.8 Å². The molecular weight excluding hydrogens is 1480 g/mol. The molecule has 0 saturated carbocycles. The van der Waals surface area contributed by atoms with E-state index in [9.17, 15) is 106 Å². The van der Waals surface area contributed by atoms with Gasteiger partial charge in [-0.1, -0.05) is 180 Å². The lowest BCUT2D eigenvalue weighted by Crippen LogP contribution is -2.71. The van der Waals surface area contributed by atoms with Crippen LogP contribution in [0.25, 0.3) is 0 Å². The van der Waals surface area contributed by atoms with E-state index in [1.165, 1.54) is 109 Å². The predicted octanol–water partition coefficient (Wildman–Crippen LogP) is -2.42. The maximum Gasteiger partial charge on any atom is 0.220 e. The van der Waals surface area contributed by atoms with Crippen LogP contribution in [0.1, 0.15) is 207 Å². The number of amides is 3. The maximum atomic E-state index is 13.5. The molecule has 0 aliphatic carbocycles. The molecule has 6 fully saturated rings. The van der Waals surface area contributed by atoms with Crippen molar-refractivity contribution in [2.24, 2.45) is 0 Å². The largest absolute Gasteiger partial charge is 0.394 e. The molecule has 6 heterocycles. The van der Waals surface area contributed by atoms with Gasteiger partial charge in [-0.3, -0.25) is 14.4 Å². The molecule has 0 spiro atoms. The lowest BCUT2D eigenvalue weighted by Gasteiger charge is -2.51. The molecule has 3 amide bonds. The minimum atomic E-state index is -2.28. The van der Waals surface area contributed by atoms with E-state index in [0.717, 1.165) is 65.2 Å². The van der Waals surface area contributed by atoms with Crippen molar-refractivity contribution in [3.8, 4) is 0 Å². The fourth-order valence-corrected chi connectivity index (χ4v) is 15.1.